The highest BCUT2D eigenvalue weighted by atomic mass is 16.1. The van der Waals surface area contributed by atoms with Crippen molar-refractivity contribution >= 4 is 5.91 Å². The minimum atomic E-state index is 0.264. The normalized spacial score (nSPS) is 17.5. The molecule has 2 heteroatoms. The van der Waals surface area contributed by atoms with E-state index in [0.717, 1.165) is 25.3 Å². The fourth-order valence-corrected chi connectivity index (χ4v) is 4.58. The number of hydrogen-bond donors (Lipinski definition) is 1. The summed E-state index contributed by atoms with van der Waals surface area (Å²) < 4.78 is 0. The van der Waals surface area contributed by atoms with Crippen LogP contribution in [0.15, 0.2) is 0 Å². The van der Waals surface area contributed by atoms with E-state index in [2.05, 4.69) is 12.2 Å². The smallest absolute Gasteiger partial charge is 0.220 e. The van der Waals surface area contributed by atoms with Crippen molar-refractivity contribution in [2.24, 2.45) is 5.92 Å². The monoisotopic (exact) mass is 393 g/mol. The largest absolute Gasteiger partial charge is 0.356 e. The lowest BCUT2D eigenvalue weighted by Crippen LogP contribution is -2.25. The predicted molar refractivity (Wildman–Crippen MR) is 124 cm³/mol. The number of nitrogens with one attached hydrogen (secondary N) is 1. The standard InChI is InChI=1S/C26H51NO/c1-2-3-4-5-6-7-8-9-10-11-12-13-14-15-16-17-18-19-21-25-22-20-23-26(28)27-24-25/h25H,2-24H2,1H3,(H,27,28). The molecule has 0 aromatic heterocycles. The van der Waals surface area contributed by atoms with Gasteiger partial charge in [-0.3, -0.25) is 4.79 Å². The summed E-state index contributed by atoms with van der Waals surface area (Å²) in [6, 6.07) is 0. The molecule has 28 heavy (non-hydrogen) atoms. The number of hydrogen-bond acceptors (Lipinski definition) is 1. The van der Waals surface area contributed by atoms with Gasteiger partial charge in [0.1, 0.15) is 0 Å². The van der Waals surface area contributed by atoms with E-state index in [1.165, 1.54) is 128 Å². The number of rotatable bonds is 19. The molecule has 0 spiro atoms. The van der Waals surface area contributed by atoms with Gasteiger partial charge in [0, 0.05) is 13.0 Å². The summed E-state index contributed by atoms with van der Waals surface area (Å²) in [6.45, 7) is 3.22. The van der Waals surface area contributed by atoms with Crippen LogP contribution in [0.3, 0.4) is 0 Å². The third-order valence-corrected chi connectivity index (χ3v) is 6.57. The van der Waals surface area contributed by atoms with Crippen LogP contribution in [0.2, 0.25) is 0 Å². The second-order valence-corrected chi connectivity index (χ2v) is 9.36. The lowest BCUT2D eigenvalue weighted by atomic mass is 9.96. The summed E-state index contributed by atoms with van der Waals surface area (Å²) in [5.41, 5.74) is 0. The van der Waals surface area contributed by atoms with E-state index in [-0.39, 0.29) is 5.91 Å². The van der Waals surface area contributed by atoms with E-state index < -0.39 is 0 Å². The van der Waals surface area contributed by atoms with E-state index in [0.29, 0.717) is 0 Å². The van der Waals surface area contributed by atoms with Crippen LogP contribution < -0.4 is 5.32 Å². The van der Waals surface area contributed by atoms with Crippen molar-refractivity contribution in [1.29, 1.82) is 0 Å². The van der Waals surface area contributed by atoms with E-state index in [9.17, 15) is 4.79 Å². The summed E-state index contributed by atoms with van der Waals surface area (Å²) in [5, 5.41) is 3.06. The van der Waals surface area contributed by atoms with Crippen LogP contribution in [0.1, 0.15) is 148 Å². The average molecular weight is 394 g/mol. The van der Waals surface area contributed by atoms with Crippen LogP contribution >= 0.6 is 0 Å². The number of carbonyl (C=O) groups excluding carboxylic acids is 1. The fourth-order valence-electron chi connectivity index (χ4n) is 4.58. The highest BCUT2D eigenvalue weighted by Crippen LogP contribution is 2.19. The van der Waals surface area contributed by atoms with Gasteiger partial charge in [-0.2, -0.15) is 0 Å². The Morgan fingerprint density at radius 3 is 1.57 bits per heavy atom. The van der Waals surface area contributed by atoms with E-state index in [4.69, 9.17) is 0 Å². The molecular weight excluding hydrogens is 342 g/mol. The second-order valence-electron chi connectivity index (χ2n) is 9.36. The van der Waals surface area contributed by atoms with Crippen molar-refractivity contribution in [1.82, 2.24) is 5.32 Å². The van der Waals surface area contributed by atoms with Gasteiger partial charge in [-0.05, 0) is 25.2 Å². The van der Waals surface area contributed by atoms with Crippen LogP contribution in [-0.4, -0.2) is 12.5 Å². The maximum absolute atomic E-state index is 11.4. The first-order chi connectivity index (χ1) is 13.8. The first-order valence-corrected chi connectivity index (χ1v) is 13.1. The Morgan fingerprint density at radius 2 is 1.11 bits per heavy atom. The second kappa shape index (κ2) is 19.8. The highest BCUT2D eigenvalue weighted by molar-refractivity contribution is 5.76. The summed E-state index contributed by atoms with van der Waals surface area (Å²) in [4.78, 5) is 11.4. The molecule has 1 amide bonds. The Labute approximate surface area is 177 Å². The van der Waals surface area contributed by atoms with Crippen LogP contribution in [0.5, 0.6) is 0 Å². The van der Waals surface area contributed by atoms with E-state index in [1.807, 2.05) is 0 Å². The molecule has 1 heterocycles. The molecule has 1 N–H and O–H groups in total. The molecule has 0 saturated carbocycles. The average Bonchev–Trinajstić information content (AvgIpc) is 2.91. The molecule has 0 bridgehead atoms. The lowest BCUT2D eigenvalue weighted by Gasteiger charge is -2.13. The topological polar surface area (TPSA) is 29.1 Å². The summed E-state index contributed by atoms with van der Waals surface area (Å²) >= 11 is 0. The van der Waals surface area contributed by atoms with Crippen molar-refractivity contribution in [3.05, 3.63) is 0 Å². The summed E-state index contributed by atoms with van der Waals surface area (Å²) in [6.07, 6.45) is 30.3. The molecule has 1 saturated heterocycles. The van der Waals surface area contributed by atoms with Gasteiger partial charge < -0.3 is 5.32 Å². The Kier molecular flexibility index (Phi) is 18.0. The van der Waals surface area contributed by atoms with Gasteiger partial charge >= 0.3 is 0 Å². The van der Waals surface area contributed by atoms with Crippen molar-refractivity contribution < 1.29 is 4.79 Å². The van der Waals surface area contributed by atoms with Gasteiger partial charge in [-0.15, -0.1) is 0 Å². The fraction of sp³-hybridized carbons (Fsp3) is 0.962. The van der Waals surface area contributed by atoms with Crippen LogP contribution in [-0.2, 0) is 4.79 Å². The third kappa shape index (κ3) is 16.4. The molecule has 1 fully saturated rings. The van der Waals surface area contributed by atoms with Crippen molar-refractivity contribution in [3.63, 3.8) is 0 Å². The molecule has 2 nitrogen and oxygen atoms in total. The molecular formula is C26H51NO. The molecule has 1 aliphatic heterocycles. The molecule has 0 aromatic carbocycles. The Balaban J connectivity index is 1.70. The lowest BCUT2D eigenvalue weighted by molar-refractivity contribution is -0.120. The van der Waals surface area contributed by atoms with Gasteiger partial charge in [0.15, 0.2) is 0 Å². The molecule has 0 aromatic rings. The third-order valence-electron chi connectivity index (χ3n) is 6.57. The highest BCUT2D eigenvalue weighted by Gasteiger charge is 2.14. The molecule has 166 valence electrons. The molecule has 0 radical (unpaired) electrons. The van der Waals surface area contributed by atoms with Gasteiger partial charge in [-0.25, -0.2) is 0 Å². The SMILES string of the molecule is CCCCCCCCCCCCCCCCCCCCC1CCCC(=O)NC1. The van der Waals surface area contributed by atoms with Gasteiger partial charge in [-0.1, -0.05) is 122 Å². The molecule has 1 rings (SSSR count). The molecule has 1 aliphatic rings. The zero-order chi connectivity index (χ0) is 20.1. The maximum Gasteiger partial charge on any atom is 0.220 e. The first-order valence-electron chi connectivity index (χ1n) is 13.1. The van der Waals surface area contributed by atoms with Crippen LogP contribution in [0.4, 0.5) is 0 Å². The predicted octanol–water partition coefficient (Wildman–Crippen LogP) is 8.33. The number of amides is 1. The first kappa shape index (κ1) is 25.5. The van der Waals surface area contributed by atoms with Crippen LogP contribution in [0, 0.1) is 5.92 Å². The molecule has 1 unspecified atom stereocenters. The van der Waals surface area contributed by atoms with Crippen molar-refractivity contribution in [2.45, 2.75) is 148 Å². The van der Waals surface area contributed by atoms with Crippen LogP contribution in [0.25, 0.3) is 0 Å². The number of carbonyl (C=O) groups is 1. The summed E-state index contributed by atoms with van der Waals surface area (Å²) in [7, 11) is 0. The number of unbranched alkanes of at least 4 members (excludes halogenated alkanes) is 17. The summed E-state index contributed by atoms with van der Waals surface area (Å²) in [5.74, 6) is 1.01. The zero-order valence-electron chi connectivity index (χ0n) is 19.2. The van der Waals surface area contributed by atoms with Gasteiger partial charge in [0.25, 0.3) is 0 Å². The zero-order valence-corrected chi connectivity index (χ0v) is 19.2. The Bertz CT molecular complexity index is 341. The van der Waals surface area contributed by atoms with E-state index in [1.54, 1.807) is 0 Å². The van der Waals surface area contributed by atoms with Gasteiger partial charge in [0.05, 0.1) is 0 Å². The Morgan fingerprint density at radius 1 is 0.679 bits per heavy atom. The minimum absolute atomic E-state index is 0.264. The van der Waals surface area contributed by atoms with Crippen molar-refractivity contribution in [2.75, 3.05) is 6.54 Å². The minimum Gasteiger partial charge on any atom is -0.356 e. The van der Waals surface area contributed by atoms with E-state index >= 15 is 0 Å². The van der Waals surface area contributed by atoms with Gasteiger partial charge in [0.2, 0.25) is 5.91 Å². The molecule has 0 aliphatic carbocycles. The maximum atomic E-state index is 11.4. The molecule has 1 atom stereocenters. The Hall–Kier alpha value is -0.530. The quantitative estimate of drug-likeness (QED) is 0.219. The van der Waals surface area contributed by atoms with Crippen molar-refractivity contribution in [3.8, 4) is 0 Å².